The number of hydrogen-bond donors (Lipinski definition) is 1. The summed E-state index contributed by atoms with van der Waals surface area (Å²) in [5.74, 6) is 0.636. The van der Waals surface area contributed by atoms with E-state index in [9.17, 15) is 0 Å². The molecular formula is C18H14ClN3OS. The van der Waals surface area contributed by atoms with Crippen LogP contribution in [0.5, 0.6) is 0 Å². The van der Waals surface area contributed by atoms with Gasteiger partial charge in [0.25, 0.3) is 0 Å². The van der Waals surface area contributed by atoms with E-state index in [2.05, 4.69) is 34.3 Å². The molecule has 4 nitrogen and oxygen atoms in total. The largest absolute Gasteiger partial charge is 0.436 e. The summed E-state index contributed by atoms with van der Waals surface area (Å²) in [5.41, 5.74) is 4.77. The maximum absolute atomic E-state index is 5.91. The Morgan fingerprint density at radius 3 is 2.75 bits per heavy atom. The third kappa shape index (κ3) is 3.13. The van der Waals surface area contributed by atoms with Crippen LogP contribution in [0.2, 0.25) is 4.47 Å². The van der Waals surface area contributed by atoms with Crippen molar-refractivity contribution in [2.45, 2.75) is 13.5 Å². The molecule has 0 aliphatic heterocycles. The Balaban J connectivity index is 1.57. The van der Waals surface area contributed by atoms with Crippen LogP contribution in [0.15, 0.2) is 53.1 Å². The van der Waals surface area contributed by atoms with E-state index in [4.69, 9.17) is 16.0 Å². The van der Waals surface area contributed by atoms with E-state index >= 15 is 0 Å². The van der Waals surface area contributed by atoms with Crippen molar-refractivity contribution in [3.05, 3.63) is 63.6 Å². The van der Waals surface area contributed by atoms with E-state index in [-0.39, 0.29) is 0 Å². The first kappa shape index (κ1) is 15.2. The molecule has 4 aromatic rings. The minimum absolute atomic E-state index is 0.556. The van der Waals surface area contributed by atoms with Gasteiger partial charge in [0.1, 0.15) is 5.52 Å². The third-order valence-electron chi connectivity index (χ3n) is 3.68. The number of benzene rings is 2. The fourth-order valence-corrected chi connectivity index (χ4v) is 3.33. The lowest BCUT2D eigenvalue weighted by molar-refractivity contribution is 0.620. The van der Waals surface area contributed by atoms with Gasteiger partial charge in [-0.2, -0.15) is 0 Å². The standard InChI is InChI=1S/C18H14ClN3OS/c1-11-2-4-12(5-3-11)17-22-15-7-6-13(8-16(15)23-17)20-9-14-10-21-18(19)24-14/h2-8,10,20H,9H2,1H3. The number of hydrogen-bond acceptors (Lipinski definition) is 5. The van der Waals surface area contributed by atoms with Crippen LogP contribution in [0.25, 0.3) is 22.6 Å². The fraction of sp³-hybridized carbons (Fsp3) is 0.111. The Bertz CT molecular complexity index is 991. The summed E-state index contributed by atoms with van der Waals surface area (Å²) in [6.45, 7) is 2.74. The molecule has 0 aliphatic carbocycles. The SMILES string of the molecule is Cc1ccc(-c2nc3ccc(NCc4cnc(Cl)s4)cc3o2)cc1. The molecule has 2 heterocycles. The predicted molar refractivity (Wildman–Crippen MR) is 98.6 cm³/mol. The summed E-state index contributed by atoms with van der Waals surface area (Å²) in [4.78, 5) is 9.67. The number of thiazole rings is 1. The van der Waals surface area contributed by atoms with Gasteiger partial charge in [-0.05, 0) is 31.2 Å². The molecule has 2 aromatic heterocycles. The highest BCUT2D eigenvalue weighted by Crippen LogP contribution is 2.27. The van der Waals surface area contributed by atoms with Gasteiger partial charge in [-0.3, -0.25) is 0 Å². The van der Waals surface area contributed by atoms with Gasteiger partial charge in [0.15, 0.2) is 10.0 Å². The fourth-order valence-electron chi connectivity index (χ4n) is 2.41. The van der Waals surface area contributed by atoms with Crippen LogP contribution in [-0.4, -0.2) is 9.97 Å². The van der Waals surface area contributed by atoms with Crippen LogP contribution in [0.1, 0.15) is 10.4 Å². The number of oxazole rings is 1. The maximum Gasteiger partial charge on any atom is 0.227 e. The lowest BCUT2D eigenvalue weighted by atomic mass is 10.1. The quantitative estimate of drug-likeness (QED) is 0.523. The van der Waals surface area contributed by atoms with Crippen LogP contribution in [0, 0.1) is 6.92 Å². The number of nitrogens with one attached hydrogen (secondary N) is 1. The highest BCUT2D eigenvalue weighted by Gasteiger charge is 2.09. The zero-order valence-electron chi connectivity index (χ0n) is 12.9. The molecule has 120 valence electrons. The van der Waals surface area contributed by atoms with Crippen molar-refractivity contribution in [2.75, 3.05) is 5.32 Å². The number of fused-ring (bicyclic) bond motifs is 1. The van der Waals surface area contributed by atoms with Crippen molar-refractivity contribution in [1.29, 1.82) is 0 Å². The molecule has 0 bridgehead atoms. The molecule has 6 heteroatoms. The van der Waals surface area contributed by atoms with E-state index in [1.807, 2.05) is 30.3 Å². The number of rotatable bonds is 4. The Morgan fingerprint density at radius 1 is 1.17 bits per heavy atom. The first-order chi connectivity index (χ1) is 11.7. The molecule has 0 saturated heterocycles. The smallest absolute Gasteiger partial charge is 0.227 e. The van der Waals surface area contributed by atoms with Crippen LogP contribution in [0.3, 0.4) is 0 Å². The molecule has 1 N–H and O–H groups in total. The Kier molecular flexibility index (Phi) is 3.96. The number of anilines is 1. The van der Waals surface area contributed by atoms with E-state index < -0.39 is 0 Å². The van der Waals surface area contributed by atoms with Gasteiger partial charge in [0.05, 0.1) is 6.54 Å². The first-order valence-corrected chi connectivity index (χ1v) is 8.68. The summed E-state index contributed by atoms with van der Waals surface area (Å²) in [6.07, 6.45) is 1.78. The van der Waals surface area contributed by atoms with Gasteiger partial charge < -0.3 is 9.73 Å². The van der Waals surface area contributed by atoms with Crippen molar-refractivity contribution in [1.82, 2.24) is 9.97 Å². The van der Waals surface area contributed by atoms with E-state index in [0.29, 0.717) is 16.9 Å². The molecule has 0 atom stereocenters. The zero-order chi connectivity index (χ0) is 16.5. The lowest BCUT2D eigenvalue weighted by Gasteiger charge is -2.03. The van der Waals surface area contributed by atoms with Crippen molar-refractivity contribution in [3.63, 3.8) is 0 Å². The van der Waals surface area contributed by atoms with Gasteiger partial charge in [0, 0.05) is 28.4 Å². The van der Waals surface area contributed by atoms with Gasteiger partial charge >= 0.3 is 0 Å². The van der Waals surface area contributed by atoms with Crippen molar-refractivity contribution in [2.24, 2.45) is 0 Å². The molecule has 2 aromatic carbocycles. The average Bonchev–Trinajstić information content (AvgIpc) is 3.19. The Hall–Kier alpha value is -2.37. The number of aryl methyl sites for hydroxylation is 1. The van der Waals surface area contributed by atoms with Gasteiger partial charge in [-0.15, -0.1) is 11.3 Å². The summed E-state index contributed by atoms with van der Waals surface area (Å²) < 4.78 is 6.46. The number of aromatic nitrogens is 2. The van der Waals surface area contributed by atoms with Crippen molar-refractivity contribution >= 4 is 39.7 Å². The molecule has 4 rings (SSSR count). The second kappa shape index (κ2) is 6.26. The summed E-state index contributed by atoms with van der Waals surface area (Å²) in [6, 6.07) is 14.1. The van der Waals surface area contributed by atoms with Crippen LogP contribution in [-0.2, 0) is 6.54 Å². The lowest BCUT2D eigenvalue weighted by Crippen LogP contribution is -1.96. The normalized spacial score (nSPS) is 11.1. The molecule has 0 saturated carbocycles. The average molecular weight is 356 g/mol. The third-order valence-corrected chi connectivity index (χ3v) is 4.79. The summed E-state index contributed by atoms with van der Waals surface area (Å²) >= 11 is 7.32. The molecule has 0 aliphatic rings. The van der Waals surface area contributed by atoms with E-state index in [1.165, 1.54) is 16.9 Å². The van der Waals surface area contributed by atoms with Crippen LogP contribution in [0.4, 0.5) is 5.69 Å². The highest BCUT2D eigenvalue weighted by atomic mass is 35.5. The minimum atomic E-state index is 0.556. The monoisotopic (exact) mass is 355 g/mol. The summed E-state index contributed by atoms with van der Waals surface area (Å²) in [5, 5.41) is 3.35. The Morgan fingerprint density at radius 2 is 2.00 bits per heavy atom. The van der Waals surface area contributed by atoms with Gasteiger partial charge in [-0.1, -0.05) is 29.3 Å². The molecular weight excluding hydrogens is 342 g/mol. The topological polar surface area (TPSA) is 51.0 Å². The van der Waals surface area contributed by atoms with E-state index in [0.717, 1.165) is 27.2 Å². The van der Waals surface area contributed by atoms with Crippen molar-refractivity contribution < 1.29 is 4.42 Å². The number of halogens is 1. The van der Waals surface area contributed by atoms with Crippen LogP contribution < -0.4 is 5.32 Å². The van der Waals surface area contributed by atoms with Crippen molar-refractivity contribution in [3.8, 4) is 11.5 Å². The highest BCUT2D eigenvalue weighted by molar-refractivity contribution is 7.15. The molecule has 0 unspecified atom stereocenters. The maximum atomic E-state index is 5.91. The molecule has 0 radical (unpaired) electrons. The minimum Gasteiger partial charge on any atom is -0.436 e. The molecule has 24 heavy (non-hydrogen) atoms. The summed E-state index contributed by atoms with van der Waals surface area (Å²) in [7, 11) is 0. The molecule has 0 spiro atoms. The van der Waals surface area contributed by atoms with Gasteiger partial charge in [-0.25, -0.2) is 9.97 Å². The Labute approximate surface area is 148 Å². The zero-order valence-corrected chi connectivity index (χ0v) is 14.5. The van der Waals surface area contributed by atoms with E-state index in [1.54, 1.807) is 6.20 Å². The second-order valence-corrected chi connectivity index (χ2v) is 7.20. The molecule has 0 fully saturated rings. The first-order valence-electron chi connectivity index (χ1n) is 7.49. The van der Waals surface area contributed by atoms with Gasteiger partial charge in [0.2, 0.25) is 5.89 Å². The number of nitrogens with zero attached hydrogens (tertiary/aromatic N) is 2. The molecule has 0 amide bonds. The van der Waals surface area contributed by atoms with Crippen LogP contribution >= 0.6 is 22.9 Å². The predicted octanol–water partition coefficient (Wildman–Crippen LogP) is 5.53. The second-order valence-electron chi connectivity index (χ2n) is 5.50.